The number of alkyl halides is 3. The fourth-order valence-electron chi connectivity index (χ4n) is 3.83. The van der Waals surface area contributed by atoms with Gasteiger partial charge in [-0.1, -0.05) is 36.4 Å². The molecule has 40 heavy (non-hydrogen) atoms. The molecule has 0 aromatic heterocycles. The van der Waals surface area contributed by atoms with Crippen LogP contribution in [0.2, 0.25) is 0 Å². The van der Waals surface area contributed by atoms with Gasteiger partial charge in [0.1, 0.15) is 11.4 Å². The third kappa shape index (κ3) is 9.35. The van der Waals surface area contributed by atoms with E-state index in [0.717, 1.165) is 19.7 Å². The summed E-state index contributed by atoms with van der Waals surface area (Å²) >= 11 is 0. The van der Waals surface area contributed by atoms with Crippen molar-refractivity contribution in [2.45, 2.75) is 6.18 Å². The second-order valence-corrected chi connectivity index (χ2v) is 11.1. The minimum Gasteiger partial charge on any atom is -0.504 e. The van der Waals surface area contributed by atoms with Crippen LogP contribution in [0.25, 0.3) is 21.9 Å². The molecule has 211 valence electrons. The van der Waals surface area contributed by atoms with Gasteiger partial charge in [0.05, 0.1) is 42.3 Å². The molecule has 4 rings (SSSR count). The molecule has 0 atom stereocenters. The summed E-state index contributed by atoms with van der Waals surface area (Å²) in [6.07, 6.45) is -4.73. The number of carbonyl (C=O) groups excluding carboxylic acids is 1. The van der Waals surface area contributed by atoms with Crippen LogP contribution in [0.3, 0.4) is 0 Å². The first-order chi connectivity index (χ1) is 18.1. The monoisotopic (exact) mass is 689 g/mol. The summed E-state index contributed by atoms with van der Waals surface area (Å²) in [5, 5.41) is 10.4. The van der Waals surface area contributed by atoms with E-state index in [-0.39, 0.29) is 61.0 Å². The Morgan fingerprint density at radius 1 is 0.675 bits per heavy atom. The van der Waals surface area contributed by atoms with Crippen molar-refractivity contribution in [3.8, 4) is 11.1 Å². The van der Waals surface area contributed by atoms with Gasteiger partial charge in [0.25, 0.3) is 0 Å². The number of nitrogens with zero attached hydrogens (tertiary/aromatic N) is 2. The van der Waals surface area contributed by atoms with Gasteiger partial charge in [0, 0.05) is 61.0 Å². The Hall–Kier alpha value is -2.36. The molecular formula is C32H35EuF3N2O2+2. The average molecular weight is 689 g/mol. The van der Waals surface area contributed by atoms with Crippen LogP contribution in [0, 0.1) is 49.4 Å². The minimum absolute atomic E-state index is 0. The van der Waals surface area contributed by atoms with Crippen molar-refractivity contribution < 1.29 is 72.4 Å². The number of aliphatic hydroxyl groups excluding tert-OH is 1. The maximum atomic E-state index is 12.1. The minimum atomic E-state index is -4.91. The molecule has 0 heterocycles. The topological polar surface area (TPSA) is 37.3 Å². The van der Waals surface area contributed by atoms with E-state index in [0.29, 0.717) is 0 Å². The van der Waals surface area contributed by atoms with E-state index in [1.165, 1.54) is 34.6 Å². The predicted molar refractivity (Wildman–Crippen MR) is 156 cm³/mol. The van der Waals surface area contributed by atoms with Crippen LogP contribution in [0.4, 0.5) is 24.5 Å². The van der Waals surface area contributed by atoms with Gasteiger partial charge >= 0.3 is 6.18 Å². The Morgan fingerprint density at radius 3 is 1.50 bits per heavy atom. The number of allylic oxidation sites excluding steroid dienone is 2. The molecule has 4 aromatic rings. The first kappa shape index (κ1) is 33.8. The molecule has 4 nitrogen and oxygen atoms in total. The van der Waals surface area contributed by atoms with Crippen LogP contribution in [-0.2, 0) is 0 Å². The number of quaternary nitrogens is 2. The average Bonchev–Trinajstić information content (AvgIpc) is 2.87. The van der Waals surface area contributed by atoms with Crippen LogP contribution in [0.15, 0.2) is 103 Å². The third-order valence-corrected chi connectivity index (χ3v) is 6.21. The number of benzene rings is 4. The standard InChI is InChI=1S/C18H26N2.C14H9F3O2.Eu/c1-19(2,3)17-11-7-15(8-12-17)16-9-13-18(14-10-16)20(4,5)6;15-14(16,17)13(19)8-12(18)11-6-5-9-3-1-2-4-10(9)7-11;/h7-14H,1-6H3;1-8,19H;/q+2;;. The maximum Gasteiger partial charge on any atom is 0.448 e. The van der Waals surface area contributed by atoms with Crippen molar-refractivity contribution in [1.29, 1.82) is 0 Å². The Morgan fingerprint density at radius 2 is 1.10 bits per heavy atom. The fourth-order valence-corrected chi connectivity index (χ4v) is 3.83. The molecule has 0 amide bonds. The Bertz CT molecular complexity index is 1410. The van der Waals surface area contributed by atoms with Gasteiger partial charge in [-0.2, -0.15) is 13.2 Å². The first-order valence-electron chi connectivity index (χ1n) is 12.4. The normalized spacial score (nSPS) is 12.3. The van der Waals surface area contributed by atoms with Gasteiger partial charge in [0.15, 0.2) is 5.78 Å². The summed E-state index contributed by atoms with van der Waals surface area (Å²) in [5.41, 5.74) is 5.27. The zero-order valence-corrected chi connectivity index (χ0v) is 25.9. The summed E-state index contributed by atoms with van der Waals surface area (Å²) in [7, 11) is 13.1. The van der Waals surface area contributed by atoms with Gasteiger partial charge in [-0.15, -0.1) is 0 Å². The van der Waals surface area contributed by atoms with Crippen molar-refractivity contribution in [1.82, 2.24) is 8.97 Å². The van der Waals surface area contributed by atoms with Crippen LogP contribution in [-0.4, -0.2) is 59.4 Å². The Balaban J connectivity index is 0.000000274. The fraction of sp³-hybridized carbons (Fsp3) is 0.219. The second kappa shape index (κ2) is 13.5. The Kier molecular flexibility index (Phi) is 11.5. The second-order valence-electron chi connectivity index (χ2n) is 11.1. The number of halogens is 3. The molecule has 0 unspecified atom stereocenters. The van der Waals surface area contributed by atoms with Gasteiger partial charge in [0.2, 0.25) is 5.76 Å². The molecular weight excluding hydrogens is 653 g/mol. The van der Waals surface area contributed by atoms with E-state index in [1.54, 1.807) is 18.2 Å². The predicted octanol–water partition coefficient (Wildman–Crippen LogP) is 7.77. The zero-order chi connectivity index (χ0) is 29.0. The van der Waals surface area contributed by atoms with Gasteiger partial charge in [-0.3, -0.25) is 13.8 Å². The van der Waals surface area contributed by atoms with Gasteiger partial charge < -0.3 is 5.11 Å². The summed E-state index contributed by atoms with van der Waals surface area (Å²) in [6, 6.07) is 29.4. The SMILES string of the molecule is C[N+](C)(C)c1ccc(-c2ccc([N+](C)(C)C)cc2)cc1.O=C(C=C(O)C(F)(F)F)c1ccc2ccccc2c1.[Eu]. The molecule has 1 N–H and O–H groups in total. The number of carbonyl (C=O) groups is 1. The molecule has 8 heteroatoms. The van der Waals surface area contributed by atoms with Crippen molar-refractivity contribution in [3.63, 3.8) is 0 Å². The number of fused-ring (bicyclic) bond motifs is 1. The van der Waals surface area contributed by atoms with E-state index in [2.05, 4.69) is 90.8 Å². The van der Waals surface area contributed by atoms with Gasteiger partial charge in [-0.25, -0.2) is 0 Å². The largest absolute Gasteiger partial charge is 0.504 e. The summed E-state index contributed by atoms with van der Waals surface area (Å²) in [5.74, 6) is -2.79. The molecule has 0 fully saturated rings. The summed E-state index contributed by atoms with van der Waals surface area (Å²) in [4.78, 5) is 11.6. The van der Waals surface area contributed by atoms with E-state index in [1.807, 2.05) is 12.1 Å². The number of aliphatic hydroxyl groups is 1. The smallest absolute Gasteiger partial charge is 0.448 e. The Labute approximate surface area is 275 Å². The van der Waals surface area contributed by atoms with Gasteiger partial charge in [-0.05, 0) is 76.5 Å². The van der Waals surface area contributed by atoms with Crippen LogP contribution >= 0.6 is 0 Å². The molecule has 0 aliphatic carbocycles. The van der Waals surface area contributed by atoms with E-state index in [4.69, 9.17) is 5.11 Å². The first-order valence-corrected chi connectivity index (χ1v) is 12.4. The number of hydrogen-bond donors (Lipinski definition) is 1. The molecule has 0 aliphatic rings. The van der Waals surface area contributed by atoms with E-state index < -0.39 is 17.7 Å². The zero-order valence-electron chi connectivity index (χ0n) is 23.5. The number of ketones is 1. The summed E-state index contributed by atoms with van der Waals surface area (Å²) < 4.78 is 38.0. The van der Waals surface area contributed by atoms with Crippen molar-refractivity contribution in [3.05, 3.63) is 108 Å². The van der Waals surface area contributed by atoms with Crippen molar-refractivity contribution >= 4 is 27.9 Å². The number of rotatable bonds is 5. The molecule has 0 bridgehead atoms. The molecule has 0 spiro atoms. The molecule has 0 saturated carbocycles. The van der Waals surface area contributed by atoms with E-state index >= 15 is 0 Å². The van der Waals surface area contributed by atoms with Crippen LogP contribution in [0.1, 0.15) is 10.4 Å². The van der Waals surface area contributed by atoms with Crippen LogP contribution in [0.5, 0.6) is 0 Å². The molecule has 4 aromatic carbocycles. The summed E-state index contributed by atoms with van der Waals surface area (Å²) in [6.45, 7) is 0. The third-order valence-electron chi connectivity index (χ3n) is 6.21. The van der Waals surface area contributed by atoms with E-state index in [9.17, 15) is 18.0 Å². The molecule has 0 saturated heterocycles. The van der Waals surface area contributed by atoms with Crippen LogP contribution < -0.4 is 8.97 Å². The van der Waals surface area contributed by atoms with Crippen molar-refractivity contribution in [2.75, 3.05) is 42.3 Å². The van der Waals surface area contributed by atoms with Crippen molar-refractivity contribution in [2.24, 2.45) is 0 Å². The molecule has 0 aliphatic heterocycles. The molecule has 1 radical (unpaired) electrons. The number of hydrogen-bond acceptors (Lipinski definition) is 2. The quantitative estimate of drug-likeness (QED) is 0.101. The maximum absolute atomic E-state index is 12.1.